The minimum Gasteiger partial charge on any atom is -0.487 e. The number of amides is 1. The van der Waals surface area contributed by atoms with Gasteiger partial charge >= 0.3 is 5.97 Å². The van der Waals surface area contributed by atoms with Gasteiger partial charge in [-0.05, 0) is 66.1 Å². The molecule has 1 amide bonds. The van der Waals surface area contributed by atoms with E-state index in [0.29, 0.717) is 27.0 Å². The van der Waals surface area contributed by atoms with Crippen LogP contribution < -0.4 is 10.1 Å². The first-order valence-corrected chi connectivity index (χ1v) is 10.5. The largest absolute Gasteiger partial charge is 0.487 e. The summed E-state index contributed by atoms with van der Waals surface area (Å²) in [6.07, 6.45) is 1.43. The first kappa shape index (κ1) is 23.9. The Bertz CT molecular complexity index is 1280. The second-order valence-electron chi connectivity index (χ2n) is 7.06. The maximum Gasteiger partial charge on any atom is 0.335 e. The third kappa shape index (κ3) is 6.36. The van der Waals surface area contributed by atoms with E-state index in [1.165, 1.54) is 18.2 Å². The average molecular weight is 481 g/mol. The molecule has 0 aromatic heterocycles. The van der Waals surface area contributed by atoms with Gasteiger partial charge in [-0.1, -0.05) is 47.5 Å². The molecule has 3 aromatic rings. The highest BCUT2D eigenvalue weighted by atomic mass is 35.5. The van der Waals surface area contributed by atoms with Gasteiger partial charge in [0.25, 0.3) is 5.91 Å². The number of halogens is 2. The minimum atomic E-state index is -0.998. The summed E-state index contributed by atoms with van der Waals surface area (Å²) in [6, 6.07) is 18.2. The van der Waals surface area contributed by atoms with Crippen LogP contribution in [0.5, 0.6) is 5.75 Å². The molecular weight excluding hydrogens is 463 g/mol. The molecule has 166 valence electrons. The van der Waals surface area contributed by atoms with Crippen molar-refractivity contribution in [2.75, 3.05) is 5.32 Å². The Kier molecular flexibility index (Phi) is 7.73. The van der Waals surface area contributed by atoms with Gasteiger partial charge in [-0.15, -0.1) is 0 Å². The molecule has 8 heteroatoms. The number of hydrogen-bond donors (Lipinski definition) is 2. The van der Waals surface area contributed by atoms with Crippen LogP contribution in [0.1, 0.15) is 27.0 Å². The zero-order chi connectivity index (χ0) is 24.0. The molecule has 0 unspecified atom stereocenters. The van der Waals surface area contributed by atoms with Crippen molar-refractivity contribution < 1.29 is 19.4 Å². The zero-order valence-electron chi connectivity index (χ0n) is 17.4. The van der Waals surface area contributed by atoms with Gasteiger partial charge in [0.05, 0.1) is 10.6 Å². The summed E-state index contributed by atoms with van der Waals surface area (Å²) in [5.41, 5.74) is 2.75. The number of anilines is 1. The van der Waals surface area contributed by atoms with Crippen molar-refractivity contribution in [3.05, 3.63) is 98.5 Å². The first-order chi connectivity index (χ1) is 15.8. The summed E-state index contributed by atoms with van der Waals surface area (Å²) in [7, 11) is 0. The van der Waals surface area contributed by atoms with Gasteiger partial charge in [0, 0.05) is 10.7 Å². The maximum absolute atomic E-state index is 12.5. The van der Waals surface area contributed by atoms with E-state index in [9.17, 15) is 14.9 Å². The molecule has 0 fully saturated rings. The molecule has 0 radical (unpaired) electrons. The maximum atomic E-state index is 12.5. The Morgan fingerprint density at radius 1 is 1.09 bits per heavy atom. The normalized spacial score (nSPS) is 10.9. The summed E-state index contributed by atoms with van der Waals surface area (Å²) in [5, 5.41) is 21.9. The smallest absolute Gasteiger partial charge is 0.335 e. The highest BCUT2D eigenvalue weighted by Gasteiger charge is 2.12. The number of nitrogens with one attached hydrogen (secondary N) is 1. The molecule has 0 aliphatic carbocycles. The molecule has 0 spiro atoms. The number of carboxylic acid groups (broad SMARTS) is 1. The van der Waals surface area contributed by atoms with Crippen molar-refractivity contribution in [2.45, 2.75) is 13.5 Å². The molecule has 33 heavy (non-hydrogen) atoms. The van der Waals surface area contributed by atoms with Crippen molar-refractivity contribution >= 4 is 46.8 Å². The van der Waals surface area contributed by atoms with Crippen molar-refractivity contribution in [3.63, 3.8) is 0 Å². The first-order valence-electron chi connectivity index (χ1n) is 9.70. The summed E-state index contributed by atoms with van der Waals surface area (Å²) >= 11 is 12.3. The highest BCUT2D eigenvalue weighted by Crippen LogP contribution is 2.28. The van der Waals surface area contributed by atoms with E-state index in [4.69, 9.17) is 33.0 Å². The summed E-state index contributed by atoms with van der Waals surface area (Å²) in [5.74, 6) is -1.15. The highest BCUT2D eigenvalue weighted by molar-refractivity contribution is 6.32. The lowest BCUT2D eigenvalue weighted by molar-refractivity contribution is -0.112. The van der Waals surface area contributed by atoms with E-state index in [1.807, 2.05) is 13.0 Å². The lowest BCUT2D eigenvalue weighted by atomic mass is 10.1. The van der Waals surface area contributed by atoms with Crippen LogP contribution in [0.15, 0.2) is 66.2 Å². The van der Waals surface area contributed by atoms with Crippen LogP contribution in [0, 0.1) is 18.3 Å². The SMILES string of the molecule is Cc1ccc(Cl)cc1NC(=O)/C(C#N)=C/c1ccc(OCc2ccc(C(=O)O)cc2)c(Cl)c1. The van der Waals surface area contributed by atoms with Gasteiger partial charge < -0.3 is 15.2 Å². The molecule has 0 aliphatic heterocycles. The summed E-state index contributed by atoms with van der Waals surface area (Å²) in [6.45, 7) is 2.01. The van der Waals surface area contributed by atoms with E-state index in [1.54, 1.807) is 48.5 Å². The third-order valence-electron chi connectivity index (χ3n) is 4.68. The standard InChI is InChI=1S/C25H18Cl2N2O4/c1-15-2-8-20(26)12-22(15)29-24(30)19(13-28)10-17-5-9-23(21(27)11-17)33-14-16-3-6-18(7-4-16)25(31)32/h2-12H,14H2,1H3,(H,29,30)(H,31,32)/b19-10+. The molecule has 0 saturated carbocycles. The number of carbonyl (C=O) groups excluding carboxylic acids is 1. The fourth-order valence-electron chi connectivity index (χ4n) is 2.86. The number of nitrogens with zero attached hydrogens (tertiary/aromatic N) is 1. The lowest BCUT2D eigenvalue weighted by Gasteiger charge is -2.10. The predicted molar refractivity (Wildman–Crippen MR) is 128 cm³/mol. The molecular formula is C25H18Cl2N2O4. The van der Waals surface area contributed by atoms with Gasteiger partial charge in [0.15, 0.2) is 0 Å². The Labute approximate surface area is 200 Å². The fourth-order valence-corrected chi connectivity index (χ4v) is 3.28. The van der Waals surface area contributed by atoms with Crippen LogP contribution in [-0.2, 0) is 11.4 Å². The zero-order valence-corrected chi connectivity index (χ0v) is 18.9. The molecule has 0 aliphatic rings. The number of aromatic carboxylic acids is 1. The van der Waals surface area contributed by atoms with E-state index in [-0.39, 0.29) is 17.7 Å². The Hall–Kier alpha value is -3.79. The van der Waals surface area contributed by atoms with Crippen molar-refractivity contribution in [1.29, 1.82) is 5.26 Å². The number of nitriles is 1. The molecule has 3 aromatic carbocycles. The molecule has 2 N–H and O–H groups in total. The Morgan fingerprint density at radius 2 is 1.82 bits per heavy atom. The van der Waals surface area contributed by atoms with Gasteiger partial charge in [0.2, 0.25) is 0 Å². The van der Waals surface area contributed by atoms with E-state index < -0.39 is 11.9 Å². The Balaban J connectivity index is 1.70. The number of carboxylic acids is 1. The van der Waals surface area contributed by atoms with Gasteiger partial charge in [-0.2, -0.15) is 5.26 Å². The van der Waals surface area contributed by atoms with Crippen molar-refractivity contribution in [3.8, 4) is 11.8 Å². The number of rotatable bonds is 7. The number of ether oxygens (including phenoxy) is 1. The number of benzene rings is 3. The van der Waals surface area contributed by atoms with E-state index in [2.05, 4.69) is 5.32 Å². The third-order valence-corrected chi connectivity index (χ3v) is 5.21. The molecule has 0 heterocycles. The number of carbonyl (C=O) groups is 2. The second-order valence-corrected chi connectivity index (χ2v) is 7.91. The predicted octanol–water partition coefficient (Wildman–Crippen LogP) is 6.12. The van der Waals surface area contributed by atoms with E-state index in [0.717, 1.165) is 11.1 Å². The second kappa shape index (κ2) is 10.7. The van der Waals surface area contributed by atoms with Gasteiger partial charge in [0.1, 0.15) is 24.0 Å². The van der Waals surface area contributed by atoms with Crippen LogP contribution in [0.25, 0.3) is 6.08 Å². The number of aryl methyl sites for hydroxylation is 1. The van der Waals surface area contributed by atoms with Crippen LogP contribution in [0.2, 0.25) is 10.0 Å². The van der Waals surface area contributed by atoms with Crippen molar-refractivity contribution in [1.82, 2.24) is 0 Å². The summed E-state index contributed by atoms with van der Waals surface area (Å²) < 4.78 is 5.70. The van der Waals surface area contributed by atoms with Gasteiger partial charge in [-0.3, -0.25) is 4.79 Å². The van der Waals surface area contributed by atoms with Crippen LogP contribution in [-0.4, -0.2) is 17.0 Å². The Morgan fingerprint density at radius 3 is 2.45 bits per heavy atom. The minimum absolute atomic E-state index is 0.0994. The lowest BCUT2D eigenvalue weighted by Crippen LogP contribution is -2.14. The monoisotopic (exact) mass is 480 g/mol. The fraction of sp³-hybridized carbons (Fsp3) is 0.0800. The van der Waals surface area contributed by atoms with E-state index >= 15 is 0 Å². The van der Waals surface area contributed by atoms with Crippen molar-refractivity contribution in [2.24, 2.45) is 0 Å². The van der Waals surface area contributed by atoms with Crippen LogP contribution >= 0.6 is 23.2 Å². The van der Waals surface area contributed by atoms with Crippen LogP contribution in [0.3, 0.4) is 0 Å². The van der Waals surface area contributed by atoms with Gasteiger partial charge in [-0.25, -0.2) is 4.79 Å². The average Bonchev–Trinajstić information content (AvgIpc) is 2.79. The number of hydrogen-bond acceptors (Lipinski definition) is 4. The molecule has 0 saturated heterocycles. The molecule has 3 rings (SSSR count). The molecule has 6 nitrogen and oxygen atoms in total. The molecule has 0 bridgehead atoms. The van der Waals surface area contributed by atoms with Crippen LogP contribution in [0.4, 0.5) is 5.69 Å². The topological polar surface area (TPSA) is 99.4 Å². The summed E-state index contributed by atoms with van der Waals surface area (Å²) in [4.78, 5) is 23.5. The molecule has 0 atom stereocenters. The quantitative estimate of drug-likeness (QED) is 0.313.